The van der Waals surface area contributed by atoms with E-state index in [1.807, 2.05) is 0 Å². The number of benzene rings is 1. The number of carbonyl (C=O) groups excluding carboxylic acids is 2. The molecule has 0 radical (unpaired) electrons. The highest BCUT2D eigenvalue weighted by molar-refractivity contribution is 6.36. The first-order chi connectivity index (χ1) is 12.8. The SMILES string of the molecule is CC(=O)c1c(C)[nH]c(C(=O)OCc2nnc(-c3ccc(Cl)cc3Cl)o2)c1C. The number of aromatic amines is 1. The second-order valence-corrected chi connectivity index (χ2v) is 6.73. The molecular formula is C18H15Cl2N3O4. The van der Waals surface area contributed by atoms with Crippen molar-refractivity contribution >= 4 is 35.0 Å². The Morgan fingerprint density at radius 3 is 2.59 bits per heavy atom. The summed E-state index contributed by atoms with van der Waals surface area (Å²) in [5.74, 6) is -0.445. The van der Waals surface area contributed by atoms with E-state index in [0.717, 1.165) is 0 Å². The van der Waals surface area contributed by atoms with Gasteiger partial charge in [0.05, 0.1) is 10.6 Å². The lowest BCUT2D eigenvalue weighted by Gasteiger charge is -2.02. The van der Waals surface area contributed by atoms with Crippen LogP contribution in [0.3, 0.4) is 0 Å². The van der Waals surface area contributed by atoms with Gasteiger partial charge in [0.2, 0.25) is 5.89 Å². The summed E-state index contributed by atoms with van der Waals surface area (Å²) in [7, 11) is 0. The van der Waals surface area contributed by atoms with Crippen LogP contribution in [0, 0.1) is 13.8 Å². The highest BCUT2D eigenvalue weighted by atomic mass is 35.5. The standard InChI is InChI=1S/C18H15Cl2N3O4/c1-8-15(10(3)24)9(2)21-16(8)18(25)26-7-14-22-23-17(27-14)12-5-4-11(19)6-13(12)20/h4-6,21H,7H2,1-3H3. The molecule has 9 heteroatoms. The normalized spacial score (nSPS) is 10.9. The Morgan fingerprint density at radius 1 is 1.22 bits per heavy atom. The fourth-order valence-corrected chi connectivity index (χ4v) is 3.25. The molecule has 0 aliphatic heterocycles. The molecule has 7 nitrogen and oxygen atoms in total. The van der Waals surface area contributed by atoms with E-state index >= 15 is 0 Å². The molecule has 140 valence electrons. The van der Waals surface area contributed by atoms with Crippen molar-refractivity contribution in [2.24, 2.45) is 0 Å². The number of hydrogen-bond donors (Lipinski definition) is 1. The Balaban J connectivity index is 1.73. The third-order valence-corrected chi connectivity index (χ3v) is 4.50. The minimum absolute atomic E-state index is 0.108. The lowest BCUT2D eigenvalue weighted by atomic mass is 10.1. The fourth-order valence-electron chi connectivity index (χ4n) is 2.77. The molecule has 1 aromatic carbocycles. The fraction of sp³-hybridized carbons (Fsp3) is 0.222. The Morgan fingerprint density at radius 2 is 1.96 bits per heavy atom. The molecule has 2 aromatic heterocycles. The molecule has 0 saturated heterocycles. The third-order valence-electron chi connectivity index (χ3n) is 3.95. The van der Waals surface area contributed by atoms with Crippen LogP contribution in [0.25, 0.3) is 11.5 Å². The van der Waals surface area contributed by atoms with Crippen molar-refractivity contribution in [1.82, 2.24) is 15.2 Å². The molecule has 0 fully saturated rings. The highest BCUT2D eigenvalue weighted by Gasteiger charge is 2.21. The number of ketones is 1. The number of rotatable bonds is 5. The van der Waals surface area contributed by atoms with Crippen LogP contribution in [-0.4, -0.2) is 26.9 Å². The van der Waals surface area contributed by atoms with Gasteiger partial charge in [-0.3, -0.25) is 4.79 Å². The highest BCUT2D eigenvalue weighted by Crippen LogP contribution is 2.29. The molecule has 27 heavy (non-hydrogen) atoms. The third kappa shape index (κ3) is 3.89. The van der Waals surface area contributed by atoms with Gasteiger partial charge in [-0.15, -0.1) is 10.2 Å². The summed E-state index contributed by atoms with van der Waals surface area (Å²) < 4.78 is 10.7. The smallest absolute Gasteiger partial charge is 0.355 e. The minimum Gasteiger partial charge on any atom is -0.451 e. The van der Waals surface area contributed by atoms with E-state index in [1.165, 1.54) is 6.92 Å². The van der Waals surface area contributed by atoms with E-state index in [9.17, 15) is 9.59 Å². The van der Waals surface area contributed by atoms with E-state index in [1.54, 1.807) is 32.0 Å². The maximum absolute atomic E-state index is 12.3. The first-order valence-corrected chi connectivity index (χ1v) is 8.68. The number of carbonyl (C=O) groups is 2. The van der Waals surface area contributed by atoms with Crippen LogP contribution in [0.5, 0.6) is 0 Å². The van der Waals surface area contributed by atoms with Crippen LogP contribution in [0.4, 0.5) is 0 Å². The van der Waals surface area contributed by atoms with Gasteiger partial charge >= 0.3 is 5.97 Å². The molecule has 0 unspecified atom stereocenters. The quantitative estimate of drug-likeness (QED) is 0.491. The van der Waals surface area contributed by atoms with Crippen LogP contribution in [-0.2, 0) is 11.3 Å². The Bertz CT molecular complexity index is 1040. The average Bonchev–Trinajstić information content (AvgIpc) is 3.17. The number of halogens is 2. The summed E-state index contributed by atoms with van der Waals surface area (Å²) in [5.41, 5.74) is 2.39. The minimum atomic E-state index is -0.618. The molecule has 0 bridgehead atoms. The van der Waals surface area contributed by atoms with E-state index in [-0.39, 0.29) is 29.9 Å². The predicted octanol–water partition coefficient (Wildman–Crippen LogP) is 4.55. The van der Waals surface area contributed by atoms with Crippen molar-refractivity contribution in [2.75, 3.05) is 0 Å². The molecule has 0 aliphatic rings. The van der Waals surface area contributed by atoms with Gasteiger partial charge in [0.15, 0.2) is 12.4 Å². The van der Waals surface area contributed by atoms with Crippen LogP contribution in [0.15, 0.2) is 22.6 Å². The molecule has 2 heterocycles. The Labute approximate surface area is 164 Å². The summed E-state index contributed by atoms with van der Waals surface area (Å²) in [6.07, 6.45) is 0. The van der Waals surface area contributed by atoms with Gasteiger partial charge in [0, 0.05) is 16.3 Å². The maximum atomic E-state index is 12.3. The zero-order valence-electron chi connectivity index (χ0n) is 14.7. The zero-order valence-corrected chi connectivity index (χ0v) is 16.2. The topological polar surface area (TPSA) is 98.1 Å². The van der Waals surface area contributed by atoms with E-state index in [4.69, 9.17) is 32.4 Å². The largest absolute Gasteiger partial charge is 0.451 e. The number of H-pyrrole nitrogens is 1. The molecule has 3 aromatic rings. The molecule has 0 saturated carbocycles. The second-order valence-electron chi connectivity index (χ2n) is 5.88. The lowest BCUT2D eigenvalue weighted by molar-refractivity contribution is 0.0431. The molecule has 0 spiro atoms. The van der Waals surface area contributed by atoms with Gasteiger partial charge in [-0.1, -0.05) is 23.2 Å². The zero-order chi connectivity index (χ0) is 19.7. The van der Waals surface area contributed by atoms with Crippen LogP contribution >= 0.6 is 23.2 Å². The number of ether oxygens (including phenoxy) is 1. The molecular weight excluding hydrogens is 393 g/mol. The van der Waals surface area contributed by atoms with Gasteiger partial charge < -0.3 is 14.1 Å². The number of aryl methyl sites for hydroxylation is 1. The molecule has 0 amide bonds. The van der Waals surface area contributed by atoms with Gasteiger partial charge in [0.25, 0.3) is 5.89 Å². The monoisotopic (exact) mass is 407 g/mol. The number of hydrogen-bond acceptors (Lipinski definition) is 6. The van der Waals surface area contributed by atoms with Gasteiger partial charge in [-0.25, -0.2) is 4.79 Å². The van der Waals surface area contributed by atoms with Crippen molar-refractivity contribution in [1.29, 1.82) is 0 Å². The molecule has 3 rings (SSSR count). The van der Waals surface area contributed by atoms with Crippen LogP contribution in [0.1, 0.15) is 44.9 Å². The Hall–Kier alpha value is -2.64. The van der Waals surface area contributed by atoms with Crippen molar-refractivity contribution in [3.63, 3.8) is 0 Å². The molecule has 0 atom stereocenters. The van der Waals surface area contributed by atoms with E-state index in [0.29, 0.717) is 32.4 Å². The summed E-state index contributed by atoms with van der Waals surface area (Å²) in [4.78, 5) is 26.9. The predicted molar refractivity (Wildman–Crippen MR) is 99.1 cm³/mol. The number of esters is 1. The van der Waals surface area contributed by atoms with Gasteiger partial charge in [-0.2, -0.15) is 0 Å². The van der Waals surface area contributed by atoms with Crippen LogP contribution in [0.2, 0.25) is 10.0 Å². The Kier molecular flexibility index (Phi) is 5.34. The van der Waals surface area contributed by atoms with Crippen molar-refractivity contribution in [3.05, 3.63) is 56.6 Å². The van der Waals surface area contributed by atoms with Gasteiger partial charge in [0.1, 0.15) is 5.69 Å². The number of aromatic nitrogens is 3. The number of Topliss-reactive ketones (excluding diaryl/α,β-unsaturated/α-hetero) is 1. The summed E-state index contributed by atoms with van der Waals surface area (Å²) >= 11 is 12.0. The van der Waals surface area contributed by atoms with Crippen LogP contribution < -0.4 is 0 Å². The maximum Gasteiger partial charge on any atom is 0.355 e. The van der Waals surface area contributed by atoms with Gasteiger partial charge in [-0.05, 0) is 44.5 Å². The molecule has 0 aliphatic carbocycles. The van der Waals surface area contributed by atoms with Crippen molar-refractivity contribution < 1.29 is 18.7 Å². The summed E-state index contributed by atoms with van der Waals surface area (Å²) in [6.45, 7) is 4.63. The number of nitrogens with zero attached hydrogens (tertiary/aromatic N) is 2. The first kappa shape index (κ1) is 19.1. The lowest BCUT2D eigenvalue weighted by Crippen LogP contribution is -2.08. The van der Waals surface area contributed by atoms with E-state index < -0.39 is 5.97 Å². The van der Waals surface area contributed by atoms with Crippen molar-refractivity contribution in [2.45, 2.75) is 27.4 Å². The molecule has 1 N–H and O–H groups in total. The second kappa shape index (κ2) is 7.54. The average molecular weight is 408 g/mol. The van der Waals surface area contributed by atoms with E-state index in [2.05, 4.69) is 15.2 Å². The number of nitrogens with one attached hydrogen (secondary N) is 1. The summed E-state index contributed by atoms with van der Waals surface area (Å²) in [6, 6.07) is 4.86. The van der Waals surface area contributed by atoms with Crippen molar-refractivity contribution in [3.8, 4) is 11.5 Å². The summed E-state index contributed by atoms with van der Waals surface area (Å²) in [5, 5.41) is 8.59. The first-order valence-electron chi connectivity index (χ1n) is 7.93.